The molecule has 1 aromatic heterocycles. The monoisotopic (exact) mass is 239 g/mol. The maximum Gasteiger partial charge on any atom is 0.224 e. The quantitative estimate of drug-likeness (QED) is 0.437. The predicted molar refractivity (Wildman–Crippen MR) is 60.5 cm³/mol. The number of thioether (sulfide) groups is 1. The lowest BCUT2D eigenvalue weighted by Crippen LogP contribution is -2.46. The van der Waals surface area contributed by atoms with Crippen LogP contribution in [0, 0.1) is 0 Å². The van der Waals surface area contributed by atoms with Gasteiger partial charge in [0.05, 0.1) is 6.54 Å². The van der Waals surface area contributed by atoms with E-state index in [1.165, 1.54) is 11.8 Å². The third-order valence-electron chi connectivity index (χ3n) is 2.58. The molecule has 6 heteroatoms. The molecule has 0 N–H and O–H groups in total. The Labute approximate surface area is 97.8 Å². The number of rotatable bonds is 4. The zero-order chi connectivity index (χ0) is 11.7. The molecule has 0 aliphatic carbocycles. The Balaban J connectivity index is 2.05. The van der Waals surface area contributed by atoms with Crippen molar-refractivity contribution < 1.29 is 9.59 Å². The summed E-state index contributed by atoms with van der Waals surface area (Å²) < 4.78 is 1.82. The number of aryl methyl sites for hydroxylation is 1. The van der Waals surface area contributed by atoms with Crippen molar-refractivity contribution in [3.63, 3.8) is 0 Å². The molecule has 2 heterocycles. The fraction of sp³-hybridized carbons (Fsp3) is 0.500. The minimum Gasteiger partial charge on any atom is -0.334 e. The summed E-state index contributed by atoms with van der Waals surface area (Å²) in [7, 11) is 1.85. The second-order valence-electron chi connectivity index (χ2n) is 3.71. The van der Waals surface area contributed by atoms with Gasteiger partial charge >= 0.3 is 0 Å². The van der Waals surface area contributed by atoms with Crippen molar-refractivity contribution in [2.24, 2.45) is 7.05 Å². The maximum absolute atomic E-state index is 11.8. The van der Waals surface area contributed by atoms with Crippen LogP contribution in [0.4, 0.5) is 0 Å². The number of hydrogen-bond donors (Lipinski definition) is 0. The standard InChI is InChI=1S/C10H13N3O2S/c1-12-5-7(11-10(12)16-2)8(14)6-13-4-3-9(13)15/h5H,3-4,6H2,1-2H3. The second kappa shape index (κ2) is 4.29. The first-order valence-corrected chi connectivity index (χ1v) is 6.22. The summed E-state index contributed by atoms with van der Waals surface area (Å²) in [5, 5.41) is 0.804. The van der Waals surface area contributed by atoms with E-state index in [0.717, 1.165) is 5.16 Å². The summed E-state index contributed by atoms with van der Waals surface area (Å²) in [5.74, 6) is -0.0432. The number of likely N-dealkylation sites (tertiary alicyclic amines) is 1. The molecule has 1 saturated heterocycles. The van der Waals surface area contributed by atoms with Crippen molar-refractivity contribution in [2.75, 3.05) is 19.3 Å². The van der Waals surface area contributed by atoms with Gasteiger partial charge in [0.25, 0.3) is 0 Å². The summed E-state index contributed by atoms with van der Waals surface area (Å²) in [6.45, 7) is 0.844. The molecule has 1 aromatic rings. The molecule has 0 saturated carbocycles. The van der Waals surface area contributed by atoms with E-state index >= 15 is 0 Å². The van der Waals surface area contributed by atoms with E-state index in [-0.39, 0.29) is 18.2 Å². The number of amides is 1. The molecule has 0 spiro atoms. The highest BCUT2D eigenvalue weighted by atomic mass is 32.2. The van der Waals surface area contributed by atoms with Crippen molar-refractivity contribution in [2.45, 2.75) is 11.6 Å². The average Bonchev–Trinajstić information content (AvgIpc) is 2.65. The Hall–Kier alpha value is -1.30. The van der Waals surface area contributed by atoms with Crippen LogP contribution in [0.2, 0.25) is 0 Å². The fourth-order valence-corrected chi connectivity index (χ4v) is 2.09. The van der Waals surface area contributed by atoms with Gasteiger partial charge in [-0.1, -0.05) is 11.8 Å². The van der Waals surface area contributed by atoms with Crippen LogP contribution in [0.3, 0.4) is 0 Å². The summed E-state index contributed by atoms with van der Waals surface area (Å²) in [6.07, 6.45) is 4.18. The first-order valence-electron chi connectivity index (χ1n) is 5.00. The lowest BCUT2D eigenvalue weighted by molar-refractivity contribution is -0.138. The van der Waals surface area contributed by atoms with Crippen LogP contribution in [0.1, 0.15) is 16.9 Å². The van der Waals surface area contributed by atoms with Crippen molar-refractivity contribution >= 4 is 23.5 Å². The van der Waals surface area contributed by atoms with Gasteiger partial charge < -0.3 is 9.47 Å². The van der Waals surface area contributed by atoms with Crippen molar-refractivity contribution in [1.29, 1.82) is 0 Å². The highest BCUT2D eigenvalue weighted by Crippen LogP contribution is 2.15. The first kappa shape index (κ1) is 11.2. The lowest BCUT2D eigenvalue weighted by atomic mass is 10.2. The first-order chi connectivity index (χ1) is 7.61. The van der Waals surface area contributed by atoms with Crippen LogP contribution in [0.25, 0.3) is 0 Å². The van der Waals surface area contributed by atoms with Crippen molar-refractivity contribution in [3.05, 3.63) is 11.9 Å². The predicted octanol–water partition coefficient (Wildman–Crippen LogP) is 0.557. The molecular formula is C10H13N3O2S. The highest BCUT2D eigenvalue weighted by molar-refractivity contribution is 7.98. The average molecular weight is 239 g/mol. The minimum atomic E-state index is -0.0936. The molecule has 2 rings (SSSR count). The number of ketones is 1. The fourth-order valence-electron chi connectivity index (χ4n) is 1.56. The molecule has 1 aliphatic rings. The number of nitrogens with zero attached hydrogens (tertiary/aromatic N) is 3. The number of carbonyl (C=O) groups excluding carboxylic acids is 2. The maximum atomic E-state index is 11.8. The third-order valence-corrected chi connectivity index (χ3v) is 3.33. The van der Waals surface area contributed by atoms with E-state index in [1.807, 2.05) is 17.9 Å². The van der Waals surface area contributed by atoms with Crippen LogP contribution in [0.15, 0.2) is 11.4 Å². The third kappa shape index (κ3) is 1.97. The summed E-state index contributed by atoms with van der Waals surface area (Å²) in [5.41, 5.74) is 0.437. The van der Waals surface area contributed by atoms with Gasteiger partial charge in [-0.2, -0.15) is 0 Å². The number of aromatic nitrogens is 2. The molecule has 86 valence electrons. The van der Waals surface area contributed by atoms with Crippen molar-refractivity contribution in [1.82, 2.24) is 14.5 Å². The molecular weight excluding hydrogens is 226 g/mol. The van der Waals surface area contributed by atoms with E-state index in [0.29, 0.717) is 18.7 Å². The Morgan fingerprint density at radius 3 is 2.81 bits per heavy atom. The Morgan fingerprint density at radius 2 is 2.38 bits per heavy atom. The normalized spacial score (nSPS) is 15.1. The van der Waals surface area contributed by atoms with E-state index in [9.17, 15) is 9.59 Å². The molecule has 1 amide bonds. The zero-order valence-corrected chi connectivity index (χ0v) is 10.1. The van der Waals surface area contributed by atoms with E-state index < -0.39 is 0 Å². The van der Waals surface area contributed by atoms with Gasteiger partial charge in [0.15, 0.2) is 5.16 Å². The lowest BCUT2D eigenvalue weighted by Gasteiger charge is -2.29. The molecule has 0 unspecified atom stereocenters. The van der Waals surface area contributed by atoms with Crippen LogP contribution in [-0.2, 0) is 11.8 Å². The minimum absolute atomic E-state index is 0.0503. The molecule has 1 fully saturated rings. The van der Waals surface area contributed by atoms with Gasteiger partial charge in [-0.3, -0.25) is 9.59 Å². The van der Waals surface area contributed by atoms with Crippen LogP contribution in [0.5, 0.6) is 0 Å². The Kier molecular flexibility index (Phi) is 3.00. The topological polar surface area (TPSA) is 55.2 Å². The Bertz CT molecular complexity index is 441. The number of Topliss-reactive ketones (excluding diaryl/α,β-unsaturated/α-hetero) is 1. The Morgan fingerprint density at radius 1 is 1.62 bits per heavy atom. The molecule has 5 nitrogen and oxygen atoms in total. The van der Waals surface area contributed by atoms with Crippen molar-refractivity contribution in [3.8, 4) is 0 Å². The molecule has 0 aromatic carbocycles. The number of carbonyl (C=O) groups is 2. The van der Waals surface area contributed by atoms with Crippen LogP contribution < -0.4 is 0 Å². The van der Waals surface area contributed by atoms with Gasteiger partial charge in [-0.05, 0) is 6.26 Å². The van der Waals surface area contributed by atoms with Crippen LogP contribution >= 0.6 is 11.8 Å². The number of imidazole rings is 1. The highest BCUT2D eigenvalue weighted by Gasteiger charge is 2.26. The van der Waals surface area contributed by atoms with Gasteiger partial charge in [-0.25, -0.2) is 4.98 Å². The number of β-lactam (4-membered cyclic amide) rings is 1. The second-order valence-corrected chi connectivity index (χ2v) is 4.49. The zero-order valence-electron chi connectivity index (χ0n) is 9.27. The molecule has 16 heavy (non-hydrogen) atoms. The van der Waals surface area contributed by atoms with Gasteiger partial charge in [0.1, 0.15) is 5.69 Å². The van der Waals surface area contributed by atoms with Gasteiger partial charge in [0, 0.05) is 26.2 Å². The summed E-state index contributed by atoms with van der Waals surface area (Å²) in [4.78, 5) is 28.6. The van der Waals surface area contributed by atoms with Gasteiger partial charge in [-0.15, -0.1) is 0 Å². The molecule has 0 bridgehead atoms. The van der Waals surface area contributed by atoms with Crippen LogP contribution in [-0.4, -0.2) is 45.5 Å². The van der Waals surface area contributed by atoms with E-state index in [2.05, 4.69) is 4.98 Å². The largest absolute Gasteiger partial charge is 0.334 e. The van der Waals surface area contributed by atoms with Gasteiger partial charge in [0.2, 0.25) is 11.7 Å². The molecule has 0 radical (unpaired) electrons. The number of hydrogen-bond acceptors (Lipinski definition) is 4. The smallest absolute Gasteiger partial charge is 0.224 e. The SMILES string of the molecule is CSc1nc(C(=O)CN2CCC2=O)cn1C. The molecule has 0 atom stereocenters. The molecule has 1 aliphatic heterocycles. The van der Waals surface area contributed by atoms with E-state index in [4.69, 9.17) is 0 Å². The summed E-state index contributed by atoms with van der Waals surface area (Å²) in [6, 6.07) is 0. The summed E-state index contributed by atoms with van der Waals surface area (Å²) >= 11 is 1.49. The van der Waals surface area contributed by atoms with E-state index in [1.54, 1.807) is 11.1 Å².